The van der Waals surface area contributed by atoms with Gasteiger partial charge in [0.1, 0.15) is 12.4 Å². The fraction of sp³-hybridized carbons (Fsp3) is 0.227. The van der Waals surface area contributed by atoms with Crippen LogP contribution in [0.3, 0.4) is 0 Å². The second-order valence-corrected chi connectivity index (χ2v) is 7.76. The third kappa shape index (κ3) is 6.36. The van der Waals surface area contributed by atoms with E-state index in [4.69, 9.17) is 4.74 Å². The Balaban J connectivity index is 1.62. The van der Waals surface area contributed by atoms with Gasteiger partial charge >= 0.3 is 6.18 Å². The lowest BCUT2D eigenvalue weighted by atomic mass is 10.2. The second-order valence-electron chi connectivity index (χ2n) is 6.82. The van der Waals surface area contributed by atoms with Crippen molar-refractivity contribution in [2.75, 3.05) is 11.1 Å². The highest BCUT2D eigenvalue weighted by Crippen LogP contribution is 2.30. The molecule has 6 nitrogen and oxygen atoms in total. The normalized spacial score (nSPS) is 11.2. The van der Waals surface area contributed by atoms with Gasteiger partial charge in [-0.2, -0.15) is 13.2 Å². The number of benzene rings is 2. The third-order valence-corrected chi connectivity index (χ3v) is 5.24. The topological polar surface area (TPSA) is 69.0 Å². The quantitative estimate of drug-likeness (QED) is 0.354. The van der Waals surface area contributed by atoms with Gasteiger partial charge in [-0.05, 0) is 42.8 Å². The molecular formula is C22H21F3N4O2S. The first-order valence-electron chi connectivity index (χ1n) is 9.58. The number of aryl methyl sites for hydroxylation is 1. The number of nitrogens with zero attached hydrogens (tertiary/aromatic N) is 3. The fourth-order valence-electron chi connectivity index (χ4n) is 2.80. The number of anilines is 1. The fourth-order valence-corrected chi connectivity index (χ4v) is 3.57. The Bertz CT molecular complexity index is 1100. The van der Waals surface area contributed by atoms with Crippen LogP contribution in [0.25, 0.3) is 0 Å². The summed E-state index contributed by atoms with van der Waals surface area (Å²) in [5, 5.41) is 11.2. The first kappa shape index (κ1) is 23.4. The zero-order valence-corrected chi connectivity index (χ0v) is 18.0. The summed E-state index contributed by atoms with van der Waals surface area (Å²) in [6.45, 7) is 6.29. The minimum Gasteiger partial charge on any atom is -0.486 e. The van der Waals surface area contributed by atoms with E-state index in [1.807, 2.05) is 31.2 Å². The zero-order chi connectivity index (χ0) is 23.1. The number of amides is 1. The molecule has 0 atom stereocenters. The maximum absolute atomic E-state index is 12.8. The summed E-state index contributed by atoms with van der Waals surface area (Å²) >= 11 is 1.12. The number of hydrogen-bond donors (Lipinski definition) is 1. The molecule has 3 rings (SSSR count). The largest absolute Gasteiger partial charge is 0.486 e. The molecule has 0 aliphatic rings. The van der Waals surface area contributed by atoms with Crippen LogP contribution in [0.4, 0.5) is 18.9 Å². The Hall–Kier alpha value is -3.27. The highest BCUT2D eigenvalue weighted by molar-refractivity contribution is 7.99. The highest BCUT2D eigenvalue weighted by atomic mass is 32.2. The van der Waals surface area contributed by atoms with Crippen molar-refractivity contribution in [3.05, 3.63) is 78.1 Å². The van der Waals surface area contributed by atoms with Crippen molar-refractivity contribution in [3.63, 3.8) is 0 Å². The smallest absolute Gasteiger partial charge is 0.416 e. The van der Waals surface area contributed by atoms with E-state index in [9.17, 15) is 18.0 Å². The maximum Gasteiger partial charge on any atom is 0.416 e. The summed E-state index contributed by atoms with van der Waals surface area (Å²) in [6, 6.07) is 12.1. The number of alkyl halides is 3. The molecule has 0 saturated carbocycles. The lowest BCUT2D eigenvalue weighted by molar-refractivity contribution is -0.137. The van der Waals surface area contributed by atoms with Crippen LogP contribution in [0.1, 0.15) is 17.0 Å². The van der Waals surface area contributed by atoms with Gasteiger partial charge < -0.3 is 10.1 Å². The second kappa shape index (κ2) is 10.4. The number of carbonyl (C=O) groups excluding carboxylic acids is 1. The molecule has 1 N–H and O–H groups in total. The van der Waals surface area contributed by atoms with Crippen molar-refractivity contribution in [3.8, 4) is 5.75 Å². The Morgan fingerprint density at radius 3 is 2.72 bits per heavy atom. The summed E-state index contributed by atoms with van der Waals surface area (Å²) in [6.07, 6.45) is -2.81. The van der Waals surface area contributed by atoms with Gasteiger partial charge in [0.05, 0.1) is 11.3 Å². The van der Waals surface area contributed by atoms with Crippen LogP contribution in [0.2, 0.25) is 0 Å². The predicted molar refractivity (Wildman–Crippen MR) is 117 cm³/mol. The molecule has 1 heterocycles. The zero-order valence-electron chi connectivity index (χ0n) is 17.2. The maximum atomic E-state index is 12.8. The molecule has 10 heteroatoms. The van der Waals surface area contributed by atoms with E-state index in [0.29, 0.717) is 23.3 Å². The molecule has 0 aliphatic heterocycles. The predicted octanol–water partition coefficient (Wildman–Crippen LogP) is 5.10. The van der Waals surface area contributed by atoms with Crippen molar-refractivity contribution in [2.45, 2.75) is 31.4 Å². The van der Waals surface area contributed by atoms with Crippen LogP contribution < -0.4 is 10.1 Å². The Morgan fingerprint density at radius 1 is 1.22 bits per heavy atom. The van der Waals surface area contributed by atoms with E-state index in [1.54, 1.807) is 10.6 Å². The molecule has 0 fully saturated rings. The number of hydrogen-bond acceptors (Lipinski definition) is 5. The Labute approximate surface area is 187 Å². The monoisotopic (exact) mass is 462 g/mol. The van der Waals surface area contributed by atoms with E-state index in [2.05, 4.69) is 22.1 Å². The summed E-state index contributed by atoms with van der Waals surface area (Å²) in [7, 11) is 0. The first-order chi connectivity index (χ1) is 15.3. The average Bonchev–Trinajstić information content (AvgIpc) is 3.12. The van der Waals surface area contributed by atoms with Gasteiger partial charge in [0, 0.05) is 12.2 Å². The molecule has 1 aromatic heterocycles. The molecule has 168 valence electrons. The van der Waals surface area contributed by atoms with Crippen molar-refractivity contribution in [1.29, 1.82) is 0 Å². The molecule has 0 unspecified atom stereocenters. The van der Waals surface area contributed by atoms with Crippen LogP contribution in [0.5, 0.6) is 5.75 Å². The number of halogens is 3. The van der Waals surface area contributed by atoms with E-state index < -0.39 is 17.6 Å². The van der Waals surface area contributed by atoms with E-state index >= 15 is 0 Å². The Morgan fingerprint density at radius 2 is 2.00 bits per heavy atom. The summed E-state index contributed by atoms with van der Waals surface area (Å²) in [5.74, 6) is 0.754. The van der Waals surface area contributed by atoms with E-state index in [1.165, 1.54) is 12.1 Å². The first-order valence-corrected chi connectivity index (χ1v) is 10.6. The highest BCUT2D eigenvalue weighted by Gasteiger charge is 2.30. The number of carbonyl (C=O) groups is 1. The van der Waals surface area contributed by atoms with Crippen LogP contribution in [-0.2, 0) is 24.1 Å². The molecule has 3 aromatic rings. The van der Waals surface area contributed by atoms with Crippen molar-refractivity contribution in [2.24, 2.45) is 0 Å². The molecule has 32 heavy (non-hydrogen) atoms. The van der Waals surface area contributed by atoms with Gasteiger partial charge in [-0.3, -0.25) is 9.36 Å². The van der Waals surface area contributed by atoms with Crippen LogP contribution in [0.15, 0.2) is 66.3 Å². The molecular weight excluding hydrogens is 441 g/mol. The van der Waals surface area contributed by atoms with Gasteiger partial charge in [0.25, 0.3) is 0 Å². The van der Waals surface area contributed by atoms with E-state index in [-0.39, 0.29) is 18.0 Å². The van der Waals surface area contributed by atoms with Crippen molar-refractivity contribution >= 4 is 23.4 Å². The van der Waals surface area contributed by atoms with Crippen LogP contribution in [-0.4, -0.2) is 26.4 Å². The molecule has 2 aromatic carbocycles. The standard InChI is InChI=1S/C22H21F3N4O2S/c1-3-10-29-19(13-31-18-9-4-6-15(2)11-18)27-28-21(29)32-14-20(30)26-17-8-5-7-16(12-17)22(23,24)25/h3-9,11-12H,1,10,13-14H2,2H3,(H,26,30). The number of rotatable bonds is 9. The lowest BCUT2D eigenvalue weighted by Gasteiger charge is -2.11. The van der Waals surface area contributed by atoms with Gasteiger partial charge in [-0.1, -0.05) is 36.0 Å². The summed E-state index contributed by atoms with van der Waals surface area (Å²) < 4.78 is 46.0. The Kier molecular flexibility index (Phi) is 7.57. The molecule has 0 radical (unpaired) electrons. The van der Waals surface area contributed by atoms with Crippen LogP contribution >= 0.6 is 11.8 Å². The minimum absolute atomic E-state index is 0.0513. The summed E-state index contributed by atoms with van der Waals surface area (Å²) in [4.78, 5) is 12.2. The molecule has 0 spiro atoms. The number of thioether (sulfide) groups is 1. The van der Waals surface area contributed by atoms with E-state index in [0.717, 1.165) is 29.5 Å². The average molecular weight is 462 g/mol. The summed E-state index contributed by atoms with van der Waals surface area (Å²) in [5.41, 5.74) is 0.315. The molecule has 0 saturated heterocycles. The lowest BCUT2D eigenvalue weighted by Crippen LogP contribution is -2.15. The van der Waals surface area contributed by atoms with Gasteiger partial charge in [0.15, 0.2) is 11.0 Å². The number of allylic oxidation sites excluding steroid dienone is 1. The van der Waals surface area contributed by atoms with Crippen LogP contribution in [0, 0.1) is 6.92 Å². The number of nitrogens with one attached hydrogen (secondary N) is 1. The van der Waals surface area contributed by atoms with Gasteiger partial charge in [-0.25, -0.2) is 0 Å². The van der Waals surface area contributed by atoms with Gasteiger partial charge in [-0.15, -0.1) is 16.8 Å². The number of ether oxygens (including phenoxy) is 1. The molecule has 1 amide bonds. The van der Waals surface area contributed by atoms with Gasteiger partial charge in [0.2, 0.25) is 5.91 Å². The molecule has 0 aliphatic carbocycles. The van der Waals surface area contributed by atoms with Crippen molar-refractivity contribution in [1.82, 2.24) is 14.8 Å². The number of aromatic nitrogens is 3. The van der Waals surface area contributed by atoms with Crippen molar-refractivity contribution < 1.29 is 22.7 Å². The molecule has 0 bridgehead atoms. The SMILES string of the molecule is C=CCn1c(COc2cccc(C)c2)nnc1SCC(=O)Nc1cccc(C(F)(F)F)c1. The minimum atomic E-state index is -4.48. The third-order valence-electron chi connectivity index (χ3n) is 4.27.